The fourth-order valence-corrected chi connectivity index (χ4v) is 1.64. The van der Waals surface area contributed by atoms with Gasteiger partial charge < -0.3 is 9.15 Å². The van der Waals surface area contributed by atoms with Gasteiger partial charge in [0.1, 0.15) is 16.7 Å². The molecule has 0 aliphatic rings. The van der Waals surface area contributed by atoms with Gasteiger partial charge in [-0.3, -0.25) is 4.79 Å². The van der Waals surface area contributed by atoms with Crippen molar-refractivity contribution in [2.45, 2.75) is 6.92 Å². The Morgan fingerprint density at radius 1 is 1.41 bits per heavy atom. The largest absolute Gasteiger partial charge is 0.426 e. The lowest BCUT2D eigenvalue weighted by molar-refractivity contribution is -0.131. The van der Waals surface area contributed by atoms with Crippen molar-refractivity contribution in [3.05, 3.63) is 40.2 Å². The first-order valence-electron chi connectivity index (χ1n) is 4.91. The lowest BCUT2D eigenvalue weighted by atomic mass is 10.1. The van der Waals surface area contributed by atoms with Gasteiger partial charge in [-0.1, -0.05) is 15.9 Å². The quantitative estimate of drug-likeness (QED) is 0.370. The first-order valence-corrected chi connectivity index (χ1v) is 6.03. The van der Waals surface area contributed by atoms with Crippen LogP contribution >= 0.6 is 15.9 Å². The molecule has 4 nitrogen and oxygen atoms in total. The van der Waals surface area contributed by atoms with Gasteiger partial charge in [-0.15, -0.1) is 0 Å². The summed E-state index contributed by atoms with van der Waals surface area (Å²) in [6.45, 7) is 1.82. The van der Waals surface area contributed by atoms with Gasteiger partial charge in [0.2, 0.25) is 0 Å². The molecular weight excluding hydrogens is 288 g/mol. The van der Waals surface area contributed by atoms with Crippen LogP contribution in [0.3, 0.4) is 0 Å². The van der Waals surface area contributed by atoms with Gasteiger partial charge in [0.05, 0.1) is 0 Å². The Balaban J connectivity index is 2.50. The number of hydrogen-bond donors (Lipinski definition) is 0. The Labute approximate surface area is 105 Å². The molecule has 0 spiro atoms. The van der Waals surface area contributed by atoms with E-state index in [0.717, 1.165) is 10.9 Å². The molecule has 1 heterocycles. The fraction of sp³-hybridized carbons (Fsp3) is 0.167. The van der Waals surface area contributed by atoms with Crippen LogP contribution in [0.2, 0.25) is 0 Å². The molecule has 0 radical (unpaired) electrons. The molecule has 1 aromatic carbocycles. The number of fused-ring (bicyclic) bond motifs is 1. The Morgan fingerprint density at radius 2 is 2.18 bits per heavy atom. The maximum absolute atomic E-state index is 11.2. The van der Waals surface area contributed by atoms with E-state index in [1.807, 2.05) is 6.92 Å². The minimum absolute atomic E-state index is 0.114. The molecule has 0 unspecified atom stereocenters. The molecule has 17 heavy (non-hydrogen) atoms. The number of esters is 1. The van der Waals surface area contributed by atoms with Gasteiger partial charge in [-0.2, -0.15) is 0 Å². The van der Waals surface area contributed by atoms with Crippen molar-refractivity contribution in [2.24, 2.45) is 0 Å². The number of aryl methyl sites for hydroxylation is 1. The average molecular weight is 297 g/mol. The van der Waals surface area contributed by atoms with Crippen molar-refractivity contribution in [3.63, 3.8) is 0 Å². The smallest absolute Gasteiger partial charge is 0.336 e. The maximum Gasteiger partial charge on any atom is 0.336 e. The predicted octanol–water partition coefficient (Wildman–Crippen LogP) is 2.40. The molecule has 0 amide bonds. The molecule has 0 saturated heterocycles. The molecule has 0 fully saturated rings. The minimum Gasteiger partial charge on any atom is -0.426 e. The van der Waals surface area contributed by atoms with E-state index in [1.165, 1.54) is 12.1 Å². The molecule has 88 valence electrons. The lowest BCUT2D eigenvalue weighted by Crippen LogP contribution is -2.08. The van der Waals surface area contributed by atoms with Gasteiger partial charge in [0.15, 0.2) is 0 Å². The third-order valence-electron chi connectivity index (χ3n) is 2.26. The van der Waals surface area contributed by atoms with E-state index < -0.39 is 11.6 Å². The summed E-state index contributed by atoms with van der Waals surface area (Å²) < 4.78 is 10.0. The summed E-state index contributed by atoms with van der Waals surface area (Å²) in [6, 6.07) is 6.37. The van der Waals surface area contributed by atoms with Gasteiger partial charge in [0.25, 0.3) is 0 Å². The van der Waals surface area contributed by atoms with Gasteiger partial charge in [-0.25, -0.2) is 4.79 Å². The summed E-state index contributed by atoms with van der Waals surface area (Å²) in [4.78, 5) is 22.3. The summed E-state index contributed by atoms with van der Waals surface area (Å²) >= 11 is 3.00. The minimum atomic E-state index is -0.418. The van der Waals surface area contributed by atoms with Gasteiger partial charge in [-0.05, 0) is 24.6 Å². The molecule has 5 heteroatoms. The SMILES string of the molecule is Cc1cc(=O)oc2cc(OC(=O)CBr)ccc12. The van der Waals surface area contributed by atoms with E-state index in [0.29, 0.717) is 11.3 Å². The zero-order chi connectivity index (χ0) is 12.4. The topological polar surface area (TPSA) is 56.5 Å². The van der Waals surface area contributed by atoms with Crippen molar-refractivity contribution in [1.29, 1.82) is 0 Å². The number of carbonyl (C=O) groups is 1. The van der Waals surface area contributed by atoms with Crippen molar-refractivity contribution in [3.8, 4) is 5.75 Å². The van der Waals surface area contributed by atoms with Crippen LogP contribution in [0.25, 0.3) is 11.0 Å². The number of benzene rings is 1. The van der Waals surface area contributed by atoms with Crippen LogP contribution in [-0.4, -0.2) is 11.3 Å². The number of rotatable bonds is 2. The highest BCUT2D eigenvalue weighted by Crippen LogP contribution is 2.22. The first-order chi connectivity index (χ1) is 8.10. The zero-order valence-corrected chi connectivity index (χ0v) is 10.6. The highest BCUT2D eigenvalue weighted by molar-refractivity contribution is 9.09. The van der Waals surface area contributed by atoms with E-state index in [9.17, 15) is 9.59 Å². The molecule has 0 N–H and O–H groups in total. The summed E-state index contributed by atoms with van der Waals surface area (Å²) in [5.74, 6) is -0.0462. The third kappa shape index (κ3) is 2.55. The van der Waals surface area contributed by atoms with Crippen molar-refractivity contribution in [1.82, 2.24) is 0 Å². The third-order valence-corrected chi connectivity index (χ3v) is 2.72. The van der Waals surface area contributed by atoms with Crippen LogP contribution in [0.5, 0.6) is 5.75 Å². The Hall–Kier alpha value is -1.62. The number of halogens is 1. The summed E-state index contributed by atoms with van der Waals surface area (Å²) in [6.07, 6.45) is 0. The van der Waals surface area contributed by atoms with Crippen molar-refractivity contribution < 1.29 is 13.9 Å². The molecule has 0 saturated carbocycles. The average Bonchev–Trinajstić information content (AvgIpc) is 2.28. The van der Waals surface area contributed by atoms with Gasteiger partial charge in [0, 0.05) is 17.5 Å². The molecule has 1 aromatic heterocycles. The van der Waals surface area contributed by atoms with Crippen molar-refractivity contribution >= 4 is 32.9 Å². The Morgan fingerprint density at radius 3 is 2.88 bits per heavy atom. The van der Waals surface area contributed by atoms with E-state index in [-0.39, 0.29) is 5.33 Å². The molecule has 0 atom stereocenters. The normalized spacial score (nSPS) is 10.5. The van der Waals surface area contributed by atoms with Crippen LogP contribution < -0.4 is 10.4 Å². The van der Waals surface area contributed by atoms with E-state index in [4.69, 9.17) is 9.15 Å². The molecular formula is C12H9BrO4. The highest BCUT2D eigenvalue weighted by Gasteiger charge is 2.06. The van der Waals surface area contributed by atoms with Crippen LogP contribution in [0.1, 0.15) is 5.56 Å². The Kier molecular flexibility index (Phi) is 3.28. The highest BCUT2D eigenvalue weighted by atomic mass is 79.9. The molecule has 2 rings (SSSR count). The summed E-state index contributed by atoms with van der Waals surface area (Å²) in [7, 11) is 0. The second kappa shape index (κ2) is 4.71. The monoisotopic (exact) mass is 296 g/mol. The molecule has 0 aliphatic carbocycles. The van der Waals surface area contributed by atoms with E-state index >= 15 is 0 Å². The predicted molar refractivity (Wildman–Crippen MR) is 66.7 cm³/mol. The number of alkyl halides is 1. The summed E-state index contributed by atoms with van der Waals surface area (Å²) in [5, 5.41) is 0.936. The Bertz CT molecular complexity index is 630. The molecule has 0 bridgehead atoms. The van der Waals surface area contributed by atoms with Crippen molar-refractivity contribution in [2.75, 3.05) is 5.33 Å². The number of carbonyl (C=O) groups excluding carboxylic acids is 1. The molecule has 0 aliphatic heterocycles. The van der Waals surface area contributed by atoms with Gasteiger partial charge >= 0.3 is 11.6 Å². The zero-order valence-electron chi connectivity index (χ0n) is 9.03. The van der Waals surface area contributed by atoms with Crippen LogP contribution in [0.4, 0.5) is 0 Å². The molecule has 2 aromatic rings. The van der Waals surface area contributed by atoms with Crippen LogP contribution in [0, 0.1) is 6.92 Å². The number of hydrogen-bond acceptors (Lipinski definition) is 4. The van der Waals surface area contributed by atoms with E-state index in [1.54, 1.807) is 12.1 Å². The van der Waals surface area contributed by atoms with E-state index in [2.05, 4.69) is 15.9 Å². The standard InChI is InChI=1S/C12H9BrO4/c1-7-4-11(14)17-10-5-8(2-3-9(7)10)16-12(15)6-13/h2-5H,6H2,1H3. The second-order valence-electron chi connectivity index (χ2n) is 3.51. The first kappa shape index (κ1) is 11.9. The fourth-order valence-electron chi connectivity index (χ4n) is 1.53. The second-order valence-corrected chi connectivity index (χ2v) is 4.07. The number of ether oxygens (including phenoxy) is 1. The maximum atomic E-state index is 11.2. The lowest BCUT2D eigenvalue weighted by Gasteiger charge is -2.04. The van der Waals surface area contributed by atoms with Crippen LogP contribution in [-0.2, 0) is 4.79 Å². The van der Waals surface area contributed by atoms with Crippen LogP contribution in [0.15, 0.2) is 33.5 Å². The summed E-state index contributed by atoms with van der Waals surface area (Å²) in [5.41, 5.74) is 0.823.